The average molecular weight is 265 g/mol. The number of esters is 1. The van der Waals surface area contributed by atoms with Gasteiger partial charge in [0.05, 0.1) is 0 Å². The maximum Gasteiger partial charge on any atom is 0.331 e. The molecule has 1 amide bonds. The molecule has 0 aromatic heterocycles. The Bertz CT molecular complexity index is 350. The number of amides is 1. The summed E-state index contributed by atoms with van der Waals surface area (Å²) < 4.78 is 4.38. The minimum absolute atomic E-state index is 0.115. The first-order valence-electron chi connectivity index (χ1n) is 4.88. The number of thioether (sulfide) groups is 1. The van der Waals surface area contributed by atoms with Crippen molar-refractivity contribution in [2.75, 3.05) is 6.07 Å². The fourth-order valence-electron chi connectivity index (χ4n) is 2.16. The normalized spacial score (nSPS) is 35.6. The average Bonchev–Trinajstić information content (AvgIpc) is 2.47. The summed E-state index contributed by atoms with van der Waals surface area (Å²) in [4.78, 5) is 24.8. The van der Waals surface area contributed by atoms with E-state index in [-0.39, 0.29) is 17.3 Å². The number of hydrogen-bond donors (Lipinski definition) is 1. The molecule has 5 nitrogen and oxygen atoms in total. The van der Waals surface area contributed by atoms with Crippen LogP contribution in [-0.4, -0.2) is 45.0 Å². The number of nitrogens with zero attached hydrogens (tertiary/aromatic N) is 1. The molecule has 2 heterocycles. The molecule has 2 aliphatic rings. The number of fused-ring (bicyclic) bond motifs is 1. The van der Waals surface area contributed by atoms with Crippen LogP contribution in [0, 0.1) is 0 Å². The first-order chi connectivity index (χ1) is 7.40. The van der Waals surface area contributed by atoms with E-state index in [9.17, 15) is 9.59 Å². The SMILES string of the molecule is CC1(C)S[C@@H]2[C@H](N)C(=O)N2[C@H]1C(=O)OCCl. The third kappa shape index (κ3) is 1.51. The highest BCUT2D eigenvalue weighted by molar-refractivity contribution is 8.01. The first-order valence-corrected chi connectivity index (χ1v) is 6.30. The van der Waals surface area contributed by atoms with Crippen LogP contribution in [0.3, 0.4) is 0 Å². The molecule has 0 aromatic carbocycles. The lowest BCUT2D eigenvalue weighted by Crippen LogP contribution is -2.68. The minimum Gasteiger partial charge on any atom is -0.448 e. The molecular weight excluding hydrogens is 252 g/mol. The van der Waals surface area contributed by atoms with Crippen LogP contribution in [0.2, 0.25) is 0 Å². The van der Waals surface area contributed by atoms with Gasteiger partial charge in [0.1, 0.15) is 17.5 Å². The Labute approximate surface area is 103 Å². The highest BCUT2D eigenvalue weighted by Crippen LogP contribution is 2.50. The summed E-state index contributed by atoms with van der Waals surface area (Å²) in [7, 11) is 0. The van der Waals surface area contributed by atoms with Gasteiger partial charge in [-0.3, -0.25) is 4.79 Å². The van der Waals surface area contributed by atoms with Gasteiger partial charge in [-0.1, -0.05) is 11.6 Å². The van der Waals surface area contributed by atoms with E-state index in [2.05, 4.69) is 0 Å². The highest BCUT2D eigenvalue weighted by atomic mass is 35.5. The number of halogens is 1. The van der Waals surface area contributed by atoms with Gasteiger partial charge in [-0.15, -0.1) is 11.8 Å². The van der Waals surface area contributed by atoms with Crippen LogP contribution >= 0.6 is 23.4 Å². The number of nitrogens with two attached hydrogens (primary N) is 1. The van der Waals surface area contributed by atoms with E-state index in [1.54, 1.807) is 0 Å². The highest BCUT2D eigenvalue weighted by Gasteiger charge is 2.63. The number of hydrogen-bond acceptors (Lipinski definition) is 5. The Balaban J connectivity index is 2.22. The molecular formula is C9H13ClN2O3S. The molecule has 0 unspecified atom stereocenters. The van der Waals surface area contributed by atoms with Gasteiger partial charge in [-0.25, -0.2) is 4.79 Å². The summed E-state index contributed by atoms with van der Waals surface area (Å²) in [5.74, 6) is -0.658. The Morgan fingerprint density at radius 2 is 2.31 bits per heavy atom. The van der Waals surface area contributed by atoms with Gasteiger partial charge < -0.3 is 15.4 Å². The molecule has 7 heteroatoms. The Kier molecular flexibility index (Phi) is 2.84. The maximum absolute atomic E-state index is 11.7. The van der Waals surface area contributed by atoms with Crippen molar-refractivity contribution in [1.29, 1.82) is 0 Å². The van der Waals surface area contributed by atoms with Gasteiger partial charge in [0.2, 0.25) is 5.91 Å². The molecule has 0 aliphatic carbocycles. The number of carbonyl (C=O) groups excluding carboxylic acids is 2. The molecule has 0 aromatic rings. The molecule has 3 atom stereocenters. The van der Waals surface area contributed by atoms with Crippen molar-refractivity contribution in [2.24, 2.45) is 5.73 Å². The lowest BCUT2D eigenvalue weighted by atomic mass is 9.96. The summed E-state index contributed by atoms with van der Waals surface area (Å²) in [5.41, 5.74) is 5.67. The van der Waals surface area contributed by atoms with Crippen LogP contribution < -0.4 is 5.73 Å². The first kappa shape index (κ1) is 12.0. The van der Waals surface area contributed by atoms with Gasteiger partial charge in [0.25, 0.3) is 0 Å². The lowest BCUT2D eigenvalue weighted by molar-refractivity contribution is -0.161. The minimum atomic E-state index is -0.589. The summed E-state index contributed by atoms with van der Waals surface area (Å²) in [6, 6.07) is -1.29. The Morgan fingerprint density at radius 1 is 1.69 bits per heavy atom. The van der Waals surface area contributed by atoms with Gasteiger partial charge >= 0.3 is 5.97 Å². The van der Waals surface area contributed by atoms with Crippen molar-refractivity contribution in [3.63, 3.8) is 0 Å². The number of rotatable bonds is 2. The summed E-state index contributed by atoms with van der Waals surface area (Å²) in [5, 5.41) is -0.115. The molecule has 0 radical (unpaired) electrons. The van der Waals surface area contributed by atoms with Crippen molar-refractivity contribution in [3.8, 4) is 0 Å². The van der Waals surface area contributed by atoms with Crippen molar-refractivity contribution in [2.45, 2.75) is 36.1 Å². The van der Waals surface area contributed by atoms with Crippen LogP contribution in [0.15, 0.2) is 0 Å². The zero-order chi connectivity index (χ0) is 12.1. The zero-order valence-corrected chi connectivity index (χ0v) is 10.5. The van der Waals surface area contributed by atoms with Crippen molar-refractivity contribution >= 4 is 35.2 Å². The lowest BCUT2D eigenvalue weighted by Gasteiger charge is -2.41. The number of ether oxygens (including phenoxy) is 1. The molecule has 2 fully saturated rings. The van der Waals surface area contributed by atoms with E-state index >= 15 is 0 Å². The number of β-lactam (4-membered cyclic amide) rings is 1. The molecule has 0 bridgehead atoms. The zero-order valence-electron chi connectivity index (χ0n) is 8.97. The van der Waals surface area contributed by atoms with Gasteiger partial charge in [0.15, 0.2) is 6.07 Å². The molecule has 2 saturated heterocycles. The van der Waals surface area contributed by atoms with Crippen molar-refractivity contribution < 1.29 is 14.3 Å². The standard InChI is InChI=1S/C9H13ClN2O3S/c1-9(2)5(8(14)15-3-10)12-6(13)4(11)7(12)16-9/h4-5,7H,3,11H2,1-2H3/t4-,5+,7-/m1/s1. The predicted molar refractivity (Wildman–Crippen MR) is 60.9 cm³/mol. The Morgan fingerprint density at radius 3 is 2.88 bits per heavy atom. The third-order valence-electron chi connectivity index (χ3n) is 2.90. The Hall–Kier alpha value is -0.460. The van der Waals surface area contributed by atoms with Crippen LogP contribution in [0.25, 0.3) is 0 Å². The van der Waals surface area contributed by atoms with E-state index in [0.29, 0.717) is 0 Å². The second-order valence-corrected chi connectivity index (χ2v) is 6.35. The third-order valence-corrected chi connectivity index (χ3v) is 4.60. The summed E-state index contributed by atoms with van der Waals surface area (Å²) in [6.45, 7) is 3.80. The largest absolute Gasteiger partial charge is 0.448 e. The maximum atomic E-state index is 11.7. The van der Waals surface area contributed by atoms with Crippen LogP contribution in [-0.2, 0) is 14.3 Å². The smallest absolute Gasteiger partial charge is 0.331 e. The second-order valence-electron chi connectivity index (χ2n) is 4.36. The monoisotopic (exact) mass is 264 g/mol. The van der Waals surface area contributed by atoms with Crippen molar-refractivity contribution in [1.82, 2.24) is 4.90 Å². The summed E-state index contributed by atoms with van der Waals surface area (Å²) >= 11 is 6.89. The molecule has 2 N–H and O–H groups in total. The van der Waals surface area contributed by atoms with Crippen molar-refractivity contribution in [3.05, 3.63) is 0 Å². The number of carbonyl (C=O) groups is 2. The molecule has 0 saturated carbocycles. The summed E-state index contributed by atoms with van der Waals surface area (Å²) in [6.07, 6.45) is 0. The van der Waals surface area contributed by atoms with Crippen LogP contribution in [0.4, 0.5) is 0 Å². The van der Waals surface area contributed by atoms with Gasteiger partial charge in [0, 0.05) is 4.75 Å². The quantitative estimate of drug-likeness (QED) is 0.436. The van der Waals surface area contributed by atoms with Crippen LogP contribution in [0.1, 0.15) is 13.8 Å². The van der Waals surface area contributed by atoms with E-state index in [0.717, 1.165) is 0 Å². The van der Waals surface area contributed by atoms with Gasteiger partial charge in [-0.05, 0) is 13.8 Å². The molecule has 16 heavy (non-hydrogen) atoms. The molecule has 90 valence electrons. The second kappa shape index (κ2) is 3.78. The topological polar surface area (TPSA) is 72.6 Å². The molecule has 0 spiro atoms. The number of alkyl halides is 1. The fraction of sp³-hybridized carbons (Fsp3) is 0.778. The molecule has 2 aliphatic heterocycles. The van der Waals surface area contributed by atoms with E-state index in [1.807, 2.05) is 13.8 Å². The van der Waals surface area contributed by atoms with Crippen LogP contribution in [0.5, 0.6) is 0 Å². The van der Waals surface area contributed by atoms with Gasteiger partial charge in [-0.2, -0.15) is 0 Å². The predicted octanol–water partition coefficient (Wildman–Crippen LogP) is 0.116. The van der Waals surface area contributed by atoms with E-state index in [1.165, 1.54) is 16.7 Å². The van der Waals surface area contributed by atoms with E-state index < -0.39 is 22.8 Å². The fourth-order valence-corrected chi connectivity index (χ4v) is 3.83. The molecule has 2 rings (SSSR count). The van der Waals surface area contributed by atoms with E-state index in [4.69, 9.17) is 22.1 Å².